The molecule has 0 saturated carbocycles. The van der Waals surface area contributed by atoms with Crippen molar-refractivity contribution in [2.75, 3.05) is 7.11 Å². The lowest BCUT2D eigenvalue weighted by atomic mass is 10.0. The second kappa shape index (κ2) is 10.5. The first-order valence-electron chi connectivity index (χ1n) is 10.0. The van der Waals surface area contributed by atoms with Gasteiger partial charge >= 0.3 is 11.9 Å². The van der Waals surface area contributed by atoms with Crippen molar-refractivity contribution in [2.24, 2.45) is 15.4 Å². The number of carbonyl (C=O) groups is 2. The highest BCUT2D eigenvalue weighted by Crippen LogP contribution is 2.30. The summed E-state index contributed by atoms with van der Waals surface area (Å²) in [6.45, 7) is 5.21. The van der Waals surface area contributed by atoms with Crippen LogP contribution < -0.4 is 0 Å². The summed E-state index contributed by atoms with van der Waals surface area (Å²) in [6.07, 6.45) is -0.692. The largest absolute Gasteiger partial charge is 0.459 e. The summed E-state index contributed by atoms with van der Waals surface area (Å²) in [7, 11) is 0.642. The predicted molar refractivity (Wildman–Crippen MR) is 124 cm³/mol. The molecular weight excluding hydrogens is 428 g/mol. The minimum Gasteiger partial charge on any atom is -0.459 e. The van der Waals surface area contributed by atoms with Crippen molar-refractivity contribution in [3.8, 4) is 0 Å². The molecule has 2 aromatic rings. The summed E-state index contributed by atoms with van der Waals surface area (Å²) in [6, 6.07) is 18.7. The molecule has 0 aromatic heterocycles. The Morgan fingerprint density at radius 2 is 1.50 bits per heavy atom. The van der Waals surface area contributed by atoms with E-state index in [0.717, 1.165) is 11.1 Å². The number of rotatable bonds is 7. The summed E-state index contributed by atoms with van der Waals surface area (Å²) in [4.78, 5) is 35.4. The highest BCUT2D eigenvalue weighted by molar-refractivity contribution is 8.03. The van der Waals surface area contributed by atoms with Gasteiger partial charge < -0.3 is 9.47 Å². The van der Waals surface area contributed by atoms with Crippen LogP contribution in [0.1, 0.15) is 38.0 Å². The first-order valence-corrected chi connectivity index (χ1v) is 11.3. The zero-order chi connectivity index (χ0) is 23.1. The number of hydrogen-bond donors (Lipinski definition) is 0. The Morgan fingerprint density at radius 3 is 2.00 bits per heavy atom. The van der Waals surface area contributed by atoms with Gasteiger partial charge in [0.2, 0.25) is 0 Å². The quantitative estimate of drug-likeness (QED) is 0.349. The fraction of sp³-hybridized carbons (Fsp3) is 0.292. The number of ether oxygens (including phenoxy) is 2. The van der Waals surface area contributed by atoms with Crippen molar-refractivity contribution in [1.82, 2.24) is 0 Å². The summed E-state index contributed by atoms with van der Waals surface area (Å²) < 4.78 is 15.3. The average Bonchev–Trinajstić information content (AvgIpc) is 3.20. The lowest BCUT2D eigenvalue weighted by Gasteiger charge is -2.25. The smallest absolute Gasteiger partial charge is 0.327 e. The third-order valence-corrected chi connectivity index (χ3v) is 5.45. The van der Waals surface area contributed by atoms with Gasteiger partial charge in [0.25, 0.3) is 0 Å². The first-order chi connectivity index (χ1) is 15.3. The molecule has 0 radical (unpaired) electrons. The van der Waals surface area contributed by atoms with Crippen LogP contribution in [0.25, 0.3) is 0 Å². The average molecular weight is 455 g/mol. The molecule has 2 unspecified atom stereocenters. The van der Waals surface area contributed by atoms with E-state index >= 15 is 0 Å². The molecule has 0 N–H and O–H groups in total. The van der Waals surface area contributed by atoms with Crippen LogP contribution in [0.15, 0.2) is 81.3 Å². The number of hydrogen-bond acceptors (Lipinski definition) is 7. The Kier molecular flexibility index (Phi) is 7.71. The predicted octanol–water partition coefficient (Wildman–Crippen LogP) is 4.52. The van der Waals surface area contributed by atoms with Crippen molar-refractivity contribution >= 4 is 28.2 Å². The van der Waals surface area contributed by atoms with Gasteiger partial charge in [-0.1, -0.05) is 60.7 Å². The minimum atomic E-state index is -1.34. The Bertz CT molecular complexity index is 1000. The van der Waals surface area contributed by atoms with Gasteiger partial charge in [-0.15, -0.1) is 4.53 Å². The molecule has 32 heavy (non-hydrogen) atoms. The molecule has 7 nitrogen and oxygen atoms in total. The number of nitrogens with zero attached hydrogens (tertiary/aromatic N) is 2. The second-order valence-electron chi connectivity index (χ2n) is 7.99. The fourth-order valence-electron chi connectivity index (χ4n) is 3.04. The van der Waals surface area contributed by atoms with E-state index in [0.29, 0.717) is 0 Å². The topological polar surface area (TPSA) is 86.5 Å². The van der Waals surface area contributed by atoms with Gasteiger partial charge in [-0.3, -0.25) is 14.6 Å². The van der Waals surface area contributed by atoms with Gasteiger partial charge in [-0.05, 0) is 31.9 Å². The highest BCUT2D eigenvalue weighted by atomic mass is 32.2. The van der Waals surface area contributed by atoms with Gasteiger partial charge in [-0.2, -0.15) is 0 Å². The third kappa shape index (κ3) is 6.21. The molecule has 3 rings (SSSR count). The first kappa shape index (κ1) is 23.6. The van der Waals surface area contributed by atoms with Gasteiger partial charge in [0, 0.05) is 16.1 Å². The molecular formula is C24H26N2O5S. The van der Waals surface area contributed by atoms with Crippen LogP contribution in [0.5, 0.6) is 0 Å². The molecule has 1 aliphatic heterocycles. The zero-order valence-corrected chi connectivity index (χ0v) is 19.2. The van der Waals surface area contributed by atoms with Crippen LogP contribution in [-0.4, -0.2) is 30.2 Å². The van der Waals surface area contributed by atoms with Crippen LogP contribution in [-0.2, 0) is 34.6 Å². The van der Waals surface area contributed by atoms with Crippen molar-refractivity contribution in [3.63, 3.8) is 0 Å². The molecule has 168 valence electrons. The van der Waals surface area contributed by atoms with Crippen LogP contribution in [0.4, 0.5) is 0 Å². The Balaban J connectivity index is 1.96. The summed E-state index contributed by atoms with van der Waals surface area (Å²) >= 11 is 0. The Hall–Kier alpha value is -3.10. The van der Waals surface area contributed by atoms with Crippen LogP contribution in [0, 0.1) is 5.92 Å². The molecule has 0 spiro atoms. The lowest BCUT2D eigenvalue weighted by Crippen LogP contribution is -2.35. The van der Waals surface area contributed by atoms with Crippen molar-refractivity contribution in [1.29, 1.82) is 0 Å². The number of benzene rings is 2. The summed E-state index contributed by atoms with van der Waals surface area (Å²) in [5.74, 6) is -2.82. The van der Waals surface area contributed by atoms with Crippen molar-refractivity contribution < 1.29 is 23.9 Å². The lowest BCUT2D eigenvalue weighted by molar-refractivity contribution is -0.168. The zero-order valence-electron chi connectivity index (χ0n) is 18.4. The van der Waals surface area contributed by atoms with Gasteiger partial charge in [0.05, 0.1) is 18.4 Å². The Morgan fingerprint density at radius 1 is 0.938 bits per heavy atom. The van der Waals surface area contributed by atoms with Gasteiger partial charge in [0.15, 0.2) is 12.0 Å². The van der Waals surface area contributed by atoms with E-state index in [1.807, 2.05) is 60.7 Å². The normalized spacial score (nSPS) is 16.7. The third-order valence-electron chi connectivity index (χ3n) is 4.32. The molecule has 0 fully saturated rings. The molecule has 2 aromatic carbocycles. The second-order valence-corrected chi connectivity index (χ2v) is 9.28. The summed E-state index contributed by atoms with van der Waals surface area (Å²) in [5, 5.41) is 1.61. The molecule has 0 saturated heterocycles. The number of carbonyl (C=O) groups excluding carboxylic acids is 2. The maximum Gasteiger partial charge on any atom is 0.327 e. The van der Waals surface area contributed by atoms with Crippen molar-refractivity contribution in [2.45, 2.75) is 32.5 Å². The summed E-state index contributed by atoms with van der Waals surface area (Å²) in [5.41, 5.74) is 2.54. The van der Waals surface area contributed by atoms with E-state index in [1.54, 1.807) is 26.2 Å². The van der Waals surface area contributed by atoms with E-state index in [9.17, 15) is 9.59 Å². The van der Waals surface area contributed by atoms with E-state index in [4.69, 9.17) is 14.3 Å². The fourth-order valence-corrected chi connectivity index (χ4v) is 4.02. The monoisotopic (exact) mass is 454 g/mol. The molecule has 1 heterocycles. The molecule has 0 amide bonds. The van der Waals surface area contributed by atoms with E-state index in [1.165, 1.54) is 12.7 Å². The van der Waals surface area contributed by atoms with Crippen LogP contribution in [0.2, 0.25) is 0 Å². The minimum absolute atomic E-state index is 0.230. The molecule has 1 aliphatic rings. The van der Waals surface area contributed by atoms with E-state index in [2.05, 4.69) is 9.52 Å². The standard InChI is InChI=1S/C24H26N2O5S/c1-24(2,3)31-23(28)20(19-15-32(16-25-19)26-29-4)22(27)30-21(17-11-7-5-8-12-17)18-13-9-6-10-14-18/h5-16,20-21H,1-4H3. The van der Waals surface area contributed by atoms with Crippen LogP contribution >= 0.6 is 0 Å². The van der Waals surface area contributed by atoms with E-state index < -0.39 is 40.3 Å². The Labute approximate surface area is 190 Å². The van der Waals surface area contributed by atoms with Crippen molar-refractivity contribution in [3.05, 3.63) is 82.9 Å². The molecule has 0 bridgehead atoms. The van der Waals surface area contributed by atoms with E-state index in [-0.39, 0.29) is 5.70 Å². The highest BCUT2D eigenvalue weighted by Gasteiger charge is 2.38. The molecule has 8 heteroatoms. The molecule has 2 atom stereocenters. The van der Waals surface area contributed by atoms with Gasteiger partial charge in [0.1, 0.15) is 5.60 Å². The van der Waals surface area contributed by atoms with Crippen LogP contribution in [0.3, 0.4) is 0 Å². The maximum absolute atomic E-state index is 13.4. The number of esters is 2. The number of aliphatic imine (C=N–C) groups is 1. The van der Waals surface area contributed by atoms with Gasteiger partial charge in [-0.25, -0.2) is 4.84 Å². The molecule has 0 aliphatic carbocycles. The maximum atomic E-state index is 13.4. The SMILES string of the molecule is CON=S1C=NC(C(C(=O)OC(c2ccccc2)c2ccccc2)C(=O)OC(C)(C)C)=C1.